The maximum atomic E-state index is 5.37. The van der Waals surface area contributed by atoms with Crippen molar-refractivity contribution in [1.82, 2.24) is 19.5 Å². The molecule has 0 aliphatic carbocycles. The van der Waals surface area contributed by atoms with Crippen LogP contribution in [0.1, 0.15) is 0 Å². The predicted octanol–water partition coefficient (Wildman–Crippen LogP) is 16.6. The van der Waals surface area contributed by atoms with Crippen LogP contribution in [0.15, 0.2) is 218 Å². The quantitative estimate of drug-likeness (QED) is 0.173. The molecule has 5 heteroatoms. The standard InChI is InChI=1S/C61H36N4S/c1-2-15-39(16-3-1)59-62-60(43-26-29-49-48-22-10-11-24-56(48)66-57(49)36-43)64-61(63-59)50-30-32-53(51-34-42(25-28-47(50)51)45-23-12-19-37-13-6-8-20-44(37)45)65-54-31-27-38-14-7-9-21-46(38)58(54)52-33-40-17-4-5-18-41(40)35-55(52)65/h1-36H. The van der Waals surface area contributed by atoms with Crippen LogP contribution >= 0.6 is 11.3 Å². The number of hydrogen-bond donors (Lipinski definition) is 0. The summed E-state index contributed by atoms with van der Waals surface area (Å²) in [4.78, 5) is 15.8. The molecule has 0 saturated heterocycles. The van der Waals surface area contributed by atoms with Crippen LogP contribution in [-0.4, -0.2) is 19.5 Å². The van der Waals surface area contributed by atoms with Gasteiger partial charge in [-0.25, -0.2) is 15.0 Å². The van der Waals surface area contributed by atoms with Crippen molar-refractivity contribution >= 4 is 96.4 Å². The molecular formula is C61H36N4S. The second-order valence-corrected chi connectivity index (χ2v) is 18.2. The zero-order chi connectivity index (χ0) is 43.3. The van der Waals surface area contributed by atoms with E-state index in [1.54, 1.807) is 11.3 Å². The molecule has 3 heterocycles. The van der Waals surface area contributed by atoms with Crippen LogP contribution in [0.3, 0.4) is 0 Å². The second-order valence-electron chi connectivity index (χ2n) is 17.1. The Morgan fingerprint density at radius 1 is 0.303 bits per heavy atom. The van der Waals surface area contributed by atoms with Gasteiger partial charge in [-0.15, -0.1) is 11.3 Å². The van der Waals surface area contributed by atoms with Crippen molar-refractivity contribution in [3.05, 3.63) is 218 Å². The molecule has 0 radical (unpaired) electrons. The smallest absolute Gasteiger partial charge is 0.164 e. The summed E-state index contributed by atoms with van der Waals surface area (Å²) in [5.74, 6) is 1.91. The fourth-order valence-electron chi connectivity index (χ4n) is 10.3. The van der Waals surface area contributed by atoms with E-state index >= 15 is 0 Å². The molecule has 66 heavy (non-hydrogen) atoms. The second kappa shape index (κ2) is 14.5. The molecule has 0 atom stereocenters. The Kier molecular flexibility index (Phi) is 8.12. The zero-order valence-corrected chi connectivity index (χ0v) is 36.3. The first-order chi connectivity index (χ1) is 32.7. The summed E-state index contributed by atoms with van der Waals surface area (Å²) >= 11 is 1.80. The topological polar surface area (TPSA) is 43.6 Å². The van der Waals surface area contributed by atoms with Gasteiger partial charge in [0.1, 0.15) is 0 Å². The van der Waals surface area contributed by atoms with Crippen molar-refractivity contribution in [1.29, 1.82) is 0 Å². The molecule has 0 bridgehead atoms. The molecule has 306 valence electrons. The molecule has 0 aliphatic heterocycles. The van der Waals surface area contributed by atoms with E-state index in [0.717, 1.165) is 49.7 Å². The highest BCUT2D eigenvalue weighted by atomic mass is 32.1. The molecule has 14 aromatic rings. The van der Waals surface area contributed by atoms with Crippen molar-refractivity contribution in [2.75, 3.05) is 0 Å². The monoisotopic (exact) mass is 856 g/mol. The van der Waals surface area contributed by atoms with Gasteiger partial charge in [-0.05, 0) is 97.4 Å². The molecule has 14 rings (SSSR count). The third-order valence-corrected chi connectivity index (χ3v) is 14.5. The average molecular weight is 857 g/mol. The number of fused-ring (bicyclic) bond motifs is 11. The molecule has 3 aromatic heterocycles. The fourth-order valence-corrected chi connectivity index (χ4v) is 11.5. The Morgan fingerprint density at radius 2 is 0.939 bits per heavy atom. The van der Waals surface area contributed by atoms with Gasteiger partial charge in [0.15, 0.2) is 17.5 Å². The zero-order valence-electron chi connectivity index (χ0n) is 35.5. The molecule has 0 amide bonds. The van der Waals surface area contributed by atoms with Gasteiger partial charge in [-0.2, -0.15) is 0 Å². The summed E-state index contributed by atoms with van der Waals surface area (Å²) < 4.78 is 4.96. The van der Waals surface area contributed by atoms with Crippen molar-refractivity contribution in [2.45, 2.75) is 0 Å². The van der Waals surface area contributed by atoms with Crippen LogP contribution in [-0.2, 0) is 0 Å². The van der Waals surface area contributed by atoms with E-state index in [9.17, 15) is 0 Å². The van der Waals surface area contributed by atoms with E-state index in [1.165, 1.54) is 68.8 Å². The van der Waals surface area contributed by atoms with Crippen LogP contribution in [0.4, 0.5) is 0 Å². The molecule has 0 fully saturated rings. The lowest BCUT2D eigenvalue weighted by molar-refractivity contribution is 1.08. The summed E-state index contributed by atoms with van der Waals surface area (Å²) in [6.07, 6.45) is 0. The summed E-state index contributed by atoms with van der Waals surface area (Å²) in [5, 5.41) is 14.5. The lowest BCUT2D eigenvalue weighted by Crippen LogP contribution is -2.02. The Bertz CT molecular complexity index is 4290. The number of nitrogens with zero attached hydrogens (tertiary/aromatic N) is 4. The highest BCUT2D eigenvalue weighted by molar-refractivity contribution is 7.25. The summed E-state index contributed by atoms with van der Waals surface area (Å²) in [6.45, 7) is 0. The molecular weight excluding hydrogens is 821 g/mol. The first-order valence-corrected chi connectivity index (χ1v) is 23.2. The van der Waals surface area contributed by atoms with Crippen LogP contribution in [0, 0.1) is 0 Å². The SMILES string of the molecule is c1ccc(-c2nc(-c3ccc4c(c3)sc3ccccc34)nc(-c3ccc(-n4c5cc6ccccc6cc5c5c6ccccc6ccc54)c4cc(-c5cccc6ccccc56)ccc34)n2)cc1. The van der Waals surface area contributed by atoms with Gasteiger partial charge in [0.2, 0.25) is 0 Å². The number of hydrogen-bond acceptors (Lipinski definition) is 4. The highest BCUT2D eigenvalue weighted by Gasteiger charge is 2.22. The fraction of sp³-hybridized carbons (Fsp3) is 0. The normalized spacial score (nSPS) is 11.9. The predicted molar refractivity (Wildman–Crippen MR) is 279 cm³/mol. The first kappa shape index (κ1) is 36.9. The van der Waals surface area contributed by atoms with Gasteiger partial charge < -0.3 is 4.57 Å². The van der Waals surface area contributed by atoms with Crippen molar-refractivity contribution in [2.24, 2.45) is 0 Å². The Labute approximate surface area is 383 Å². The molecule has 11 aromatic carbocycles. The van der Waals surface area contributed by atoms with Gasteiger partial charge in [0.05, 0.1) is 16.7 Å². The minimum Gasteiger partial charge on any atom is -0.309 e. The third kappa shape index (κ3) is 5.74. The number of thiophene rings is 1. The van der Waals surface area contributed by atoms with Crippen molar-refractivity contribution in [3.8, 4) is 51.0 Å². The maximum absolute atomic E-state index is 5.37. The molecule has 0 saturated carbocycles. The van der Waals surface area contributed by atoms with Gasteiger partial charge in [0.25, 0.3) is 0 Å². The van der Waals surface area contributed by atoms with E-state index in [0.29, 0.717) is 17.5 Å². The van der Waals surface area contributed by atoms with E-state index in [-0.39, 0.29) is 0 Å². The summed E-state index contributed by atoms with van der Waals surface area (Å²) in [5.41, 5.74) is 8.59. The van der Waals surface area contributed by atoms with Gasteiger partial charge >= 0.3 is 0 Å². The van der Waals surface area contributed by atoms with Gasteiger partial charge in [-0.3, -0.25) is 0 Å². The van der Waals surface area contributed by atoms with Crippen LogP contribution < -0.4 is 0 Å². The largest absolute Gasteiger partial charge is 0.309 e. The molecule has 0 unspecified atom stereocenters. The number of aromatic nitrogens is 4. The molecule has 4 nitrogen and oxygen atoms in total. The van der Waals surface area contributed by atoms with Crippen molar-refractivity contribution < 1.29 is 0 Å². The van der Waals surface area contributed by atoms with Crippen LogP contribution in [0.5, 0.6) is 0 Å². The highest BCUT2D eigenvalue weighted by Crippen LogP contribution is 2.44. The Morgan fingerprint density at radius 3 is 1.79 bits per heavy atom. The van der Waals surface area contributed by atoms with E-state index in [1.807, 2.05) is 18.2 Å². The number of benzene rings is 11. The maximum Gasteiger partial charge on any atom is 0.164 e. The minimum absolute atomic E-state index is 0.629. The van der Waals surface area contributed by atoms with Crippen LogP contribution in [0.2, 0.25) is 0 Å². The molecule has 0 N–H and O–H groups in total. The summed E-state index contributed by atoms with van der Waals surface area (Å²) in [6, 6.07) is 78.9. The lowest BCUT2D eigenvalue weighted by atomic mass is 9.94. The minimum atomic E-state index is 0.629. The van der Waals surface area contributed by atoms with Gasteiger partial charge in [0, 0.05) is 53.0 Å². The Balaban J connectivity index is 1.06. The number of rotatable bonds is 5. The summed E-state index contributed by atoms with van der Waals surface area (Å²) in [7, 11) is 0. The molecule has 0 aliphatic rings. The first-order valence-electron chi connectivity index (χ1n) is 22.3. The third-order valence-electron chi connectivity index (χ3n) is 13.4. The average Bonchev–Trinajstić information content (AvgIpc) is 3.92. The van der Waals surface area contributed by atoms with Crippen molar-refractivity contribution in [3.63, 3.8) is 0 Å². The lowest BCUT2D eigenvalue weighted by Gasteiger charge is -2.17. The van der Waals surface area contributed by atoms with E-state index in [2.05, 4.69) is 205 Å². The van der Waals surface area contributed by atoms with Gasteiger partial charge in [-0.1, -0.05) is 170 Å². The van der Waals surface area contributed by atoms with E-state index < -0.39 is 0 Å². The Hall–Kier alpha value is -8.51. The van der Waals surface area contributed by atoms with Crippen LogP contribution in [0.25, 0.3) is 136 Å². The molecule has 0 spiro atoms. The van der Waals surface area contributed by atoms with E-state index in [4.69, 9.17) is 15.0 Å².